The van der Waals surface area contributed by atoms with Crippen LogP contribution in [0.5, 0.6) is 0 Å². The van der Waals surface area contributed by atoms with E-state index in [0.717, 1.165) is 64.9 Å². The van der Waals surface area contributed by atoms with Crippen LogP contribution in [0.4, 0.5) is 0 Å². The summed E-state index contributed by atoms with van der Waals surface area (Å²) in [7, 11) is -2.71. The van der Waals surface area contributed by atoms with E-state index in [9.17, 15) is 9.90 Å². The molecule has 4 nitrogen and oxygen atoms in total. The van der Waals surface area contributed by atoms with Crippen molar-refractivity contribution in [1.29, 1.82) is 0 Å². The maximum atomic E-state index is 11.7. The van der Waals surface area contributed by atoms with Crippen molar-refractivity contribution in [1.82, 2.24) is 9.97 Å². The van der Waals surface area contributed by atoms with Crippen LogP contribution in [-0.4, -0.2) is 37.0 Å². The number of ketones is 1. The standard InChI is InChI=1S/C22H26NSi.C20H22NSi.C13H24O2.Ir/c1-15(2)24(5,6)20-7-8-21-18(14-20)9-10-23-22(21)19-12-16(3)11-17(4)13-19;1-14-10-15(2)12-17(11-14)20-19-7-6-18(22(3,4)5)13-16(19)8-9-21-20;1-5-10(6-2)12(14)9-13(15)11(7-3)8-4;/h7-12,14-15H,1-6H3;6-11,13H,1-5H3;9-11,14H,5-8H2,1-4H3;/q2*-1;;/b;;12-9-;. The minimum atomic E-state index is -1.42. The van der Waals surface area contributed by atoms with Gasteiger partial charge in [-0.1, -0.05) is 149 Å². The summed E-state index contributed by atoms with van der Waals surface area (Å²) in [5.74, 6) is 0.547. The van der Waals surface area contributed by atoms with Gasteiger partial charge in [0, 0.05) is 50.4 Å². The predicted octanol–water partition coefficient (Wildman–Crippen LogP) is 14.4. The van der Waals surface area contributed by atoms with E-state index >= 15 is 0 Å². The van der Waals surface area contributed by atoms with Gasteiger partial charge in [-0.05, 0) is 76.3 Å². The number of allylic oxidation sites excluding steroid dienone is 2. The van der Waals surface area contributed by atoms with Crippen molar-refractivity contribution in [2.45, 2.75) is 133 Å². The Hall–Kier alpha value is -4.01. The van der Waals surface area contributed by atoms with E-state index in [1.807, 2.05) is 40.1 Å². The molecule has 0 fully saturated rings. The second-order valence-corrected chi connectivity index (χ2v) is 29.1. The van der Waals surface area contributed by atoms with Gasteiger partial charge in [-0.2, -0.15) is 0 Å². The van der Waals surface area contributed by atoms with Gasteiger partial charge >= 0.3 is 0 Å². The largest absolute Gasteiger partial charge is 0.512 e. The molecule has 0 spiro atoms. The molecule has 0 aliphatic rings. The van der Waals surface area contributed by atoms with Crippen LogP contribution in [-0.2, 0) is 24.9 Å². The van der Waals surface area contributed by atoms with Crippen molar-refractivity contribution in [3.8, 4) is 22.5 Å². The predicted molar refractivity (Wildman–Crippen MR) is 270 cm³/mol. The molecular weight excluding hydrogens is 969 g/mol. The third kappa shape index (κ3) is 13.5. The molecule has 62 heavy (non-hydrogen) atoms. The van der Waals surface area contributed by atoms with Crippen LogP contribution in [0.2, 0.25) is 38.3 Å². The zero-order valence-electron chi connectivity index (χ0n) is 40.3. The van der Waals surface area contributed by atoms with Gasteiger partial charge in [0.15, 0.2) is 5.78 Å². The first-order chi connectivity index (χ1) is 28.7. The maximum absolute atomic E-state index is 11.7. The molecule has 0 saturated carbocycles. The van der Waals surface area contributed by atoms with Gasteiger partial charge in [0.25, 0.3) is 0 Å². The minimum Gasteiger partial charge on any atom is -0.512 e. The number of nitrogens with zero attached hydrogens (tertiary/aromatic N) is 2. The first kappa shape index (κ1) is 52.3. The second-order valence-electron chi connectivity index (χ2n) is 18.8. The minimum absolute atomic E-state index is 0. The maximum Gasteiger partial charge on any atom is 0.162 e. The van der Waals surface area contributed by atoms with Gasteiger partial charge in [-0.15, -0.1) is 69.8 Å². The zero-order valence-corrected chi connectivity index (χ0v) is 44.7. The number of fused-ring (bicyclic) bond motifs is 2. The van der Waals surface area contributed by atoms with Crippen LogP contribution in [0, 0.1) is 51.7 Å². The van der Waals surface area contributed by atoms with Crippen LogP contribution >= 0.6 is 0 Å². The number of aliphatic hydroxyl groups is 1. The third-order valence-electron chi connectivity index (χ3n) is 12.5. The number of hydrogen-bond acceptors (Lipinski definition) is 4. The Balaban J connectivity index is 0.000000253. The number of aryl methyl sites for hydroxylation is 4. The monoisotopic (exact) mass is 1040 g/mol. The van der Waals surface area contributed by atoms with Gasteiger partial charge in [0.05, 0.1) is 21.9 Å². The van der Waals surface area contributed by atoms with Crippen molar-refractivity contribution in [2.75, 3.05) is 0 Å². The van der Waals surface area contributed by atoms with Gasteiger partial charge in [0.2, 0.25) is 0 Å². The first-order valence-corrected chi connectivity index (χ1v) is 29.1. The van der Waals surface area contributed by atoms with E-state index in [1.54, 1.807) is 0 Å². The molecule has 6 rings (SSSR count). The average molecular weight is 1040 g/mol. The molecule has 1 N–H and O–H groups in total. The van der Waals surface area contributed by atoms with Crippen LogP contribution in [0.25, 0.3) is 44.1 Å². The molecule has 1 radical (unpaired) electrons. The molecule has 7 heteroatoms. The van der Waals surface area contributed by atoms with E-state index in [0.29, 0.717) is 0 Å². The number of hydrogen-bond donors (Lipinski definition) is 1. The van der Waals surface area contributed by atoms with Crippen LogP contribution in [0.15, 0.2) is 97.0 Å². The van der Waals surface area contributed by atoms with Crippen molar-refractivity contribution in [3.63, 3.8) is 0 Å². The quantitative estimate of drug-likeness (QED) is 0.0574. The molecule has 333 valence electrons. The number of carbonyl (C=O) groups excluding carboxylic acids is 1. The van der Waals surface area contributed by atoms with Crippen molar-refractivity contribution in [2.24, 2.45) is 11.8 Å². The van der Waals surface area contributed by atoms with E-state index < -0.39 is 16.1 Å². The average Bonchev–Trinajstić information content (AvgIpc) is 3.20. The summed E-state index contributed by atoms with van der Waals surface area (Å²) in [6.45, 7) is 33.3. The van der Waals surface area contributed by atoms with E-state index in [4.69, 9.17) is 0 Å². The normalized spacial score (nSPS) is 11.9. The van der Waals surface area contributed by atoms with Crippen LogP contribution in [0.1, 0.15) is 89.5 Å². The molecule has 0 aliphatic heterocycles. The molecule has 2 heterocycles. The summed E-state index contributed by atoms with van der Waals surface area (Å²) >= 11 is 0. The smallest absolute Gasteiger partial charge is 0.162 e. The van der Waals surface area contributed by atoms with Crippen molar-refractivity contribution in [3.05, 3.63) is 131 Å². The topological polar surface area (TPSA) is 63.1 Å². The van der Waals surface area contributed by atoms with Gasteiger partial charge in [-0.3, -0.25) is 4.79 Å². The molecule has 2 aromatic heterocycles. The van der Waals surface area contributed by atoms with Crippen LogP contribution < -0.4 is 10.4 Å². The van der Waals surface area contributed by atoms with E-state index in [1.165, 1.54) is 49.1 Å². The molecule has 6 aromatic rings. The van der Waals surface area contributed by atoms with Gasteiger partial charge < -0.3 is 15.1 Å². The SMILES string of the molecule is CCC(CC)C(=O)/C=C(\O)C(CC)CC.Cc1[c-]c(-c2nccc3cc([Si](C)(C)C(C)C)ccc23)cc(C)c1.Cc1[c-]c(-c2nccc3cc([Si](C)(C)C)ccc23)cc(C)c1.[Ir]. The molecule has 0 bridgehead atoms. The van der Waals surface area contributed by atoms with Gasteiger partial charge in [0.1, 0.15) is 0 Å². The van der Waals surface area contributed by atoms with Crippen LogP contribution in [0.3, 0.4) is 0 Å². The van der Waals surface area contributed by atoms with Crippen molar-refractivity contribution >= 4 is 53.8 Å². The second kappa shape index (κ2) is 23.1. The van der Waals surface area contributed by atoms with E-state index in [-0.39, 0.29) is 43.5 Å². The Bertz CT molecular complexity index is 2420. The Morgan fingerprint density at radius 2 is 1.05 bits per heavy atom. The summed E-state index contributed by atoms with van der Waals surface area (Å²) in [5.41, 5.74) is 9.80. The molecule has 0 saturated heterocycles. The molecule has 0 amide bonds. The summed E-state index contributed by atoms with van der Waals surface area (Å²) < 4.78 is 0. The van der Waals surface area contributed by atoms with Gasteiger partial charge in [-0.25, -0.2) is 0 Å². The number of pyridine rings is 2. The number of aromatic nitrogens is 2. The summed E-state index contributed by atoms with van der Waals surface area (Å²) in [6, 6.07) is 33.6. The molecule has 0 aliphatic carbocycles. The number of benzene rings is 4. The Morgan fingerprint density at radius 3 is 1.44 bits per heavy atom. The number of rotatable bonds is 12. The number of carbonyl (C=O) groups is 1. The summed E-state index contributed by atoms with van der Waals surface area (Å²) in [5, 5.41) is 17.8. The molecule has 0 unspecified atom stereocenters. The molecule has 0 atom stereocenters. The third-order valence-corrected chi connectivity index (χ3v) is 19.2. The molecular formula is C55H72IrN2O2Si2-2. The Labute approximate surface area is 390 Å². The zero-order chi connectivity index (χ0) is 45.2. The van der Waals surface area contributed by atoms with Crippen molar-refractivity contribution < 1.29 is 30.0 Å². The fraction of sp³-hybridized carbons (Fsp3) is 0.400. The fourth-order valence-corrected chi connectivity index (χ4v) is 10.7. The fourth-order valence-electron chi connectivity index (χ4n) is 7.81. The summed E-state index contributed by atoms with van der Waals surface area (Å²) in [4.78, 5) is 21.0. The number of aliphatic hydroxyl groups excluding tert-OH is 1. The Kier molecular flexibility index (Phi) is 19.5. The Morgan fingerprint density at radius 1 is 0.629 bits per heavy atom. The summed E-state index contributed by atoms with van der Waals surface area (Å²) in [6.07, 6.45) is 8.75. The molecule has 4 aromatic carbocycles. The van der Waals surface area contributed by atoms with E-state index in [2.05, 4.69) is 169 Å². The first-order valence-electron chi connectivity index (χ1n) is 22.5.